The molecule has 0 fully saturated rings. The number of hydrogen-bond acceptors (Lipinski definition) is 4. The lowest BCUT2D eigenvalue weighted by molar-refractivity contribution is 0.597. The number of H-pyrrole nitrogens is 1. The number of anilines is 2. The standard InChI is InChI=1S/C10H12N4O2S/c1-7-6-8(2-3-9(7)11)14-17(15,16)10-4-5-12-13-10/h2-6,14H,11H2,1H3,(H,12,13). The molecular formula is C10H12N4O2S. The van der Waals surface area contributed by atoms with Crippen molar-refractivity contribution in [3.8, 4) is 0 Å². The van der Waals surface area contributed by atoms with Gasteiger partial charge in [0.15, 0.2) is 5.03 Å². The van der Waals surface area contributed by atoms with E-state index in [0.29, 0.717) is 11.4 Å². The first-order valence-electron chi connectivity index (χ1n) is 4.87. The Balaban J connectivity index is 2.30. The van der Waals surface area contributed by atoms with Crippen LogP contribution in [0.25, 0.3) is 0 Å². The SMILES string of the molecule is Cc1cc(NS(=O)(=O)c2ccn[nH]2)ccc1N. The van der Waals surface area contributed by atoms with Crippen LogP contribution in [0, 0.1) is 6.92 Å². The van der Waals surface area contributed by atoms with Crippen LogP contribution in [-0.4, -0.2) is 18.6 Å². The maximum atomic E-state index is 11.8. The van der Waals surface area contributed by atoms with E-state index >= 15 is 0 Å². The molecule has 0 unspecified atom stereocenters. The van der Waals surface area contributed by atoms with E-state index in [1.165, 1.54) is 12.3 Å². The Kier molecular flexibility index (Phi) is 2.76. The van der Waals surface area contributed by atoms with Crippen molar-refractivity contribution in [2.75, 3.05) is 10.5 Å². The second kappa shape index (κ2) is 4.10. The number of aromatic nitrogens is 2. The highest BCUT2D eigenvalue weighted by atomic mass is 32.2. The van der Waals surface area contributed by atoms with Crippen molar-refractivity contribution in [3.63, 3.8) is 0 Å². The third kappa shape index (κ3) is 2.39. The Morgan fingerprint density at radius 3 is 2.71 bits per heavy atom. The number of benzene rings is 1. The molecule has 1 aromatic carbocycles. The van der Waals surface area contributed by atoms with Gasteiger partial charge in [0.25, 0.3) is 10.0 Å². The molecule has 0 aliphatic heterocycles. The van der Waals surface area contributed by atoms with Gasteiger partial charge in [-0.1, -0.05) is 0 Å². The molecule has 0 bridgehead atoms. The highest BCUT2D eigenvalue weighted by molar-refractivity contribution is 7.92. The number of nitrogen functional groups attached to an aromatic ring is 1. The molecule has 0 atom stereocenters. The van der Waals surface area contributed by atoms with Crippen molar-refractivity contribution >= 4 is 21.4 Å². The van der Waals surface area contributed by atoms with Crippen LogP contribution in [0.4, 0.5) is 11.4 Å². The quantitative estimate of drug-likeness (QED) is 0.712. The van der Waals surface area contributed by atoms with Crippen LogP contribution in [0.1, 0.15) is 5.56 Å². The van der Waals surface area contributed by atoms with Crippen LogP contribution < -0.4 is 10.5 Å². The number of nitrogens with one attached hydrogen (secondary N) is 2. The molecule has 6 nitrogen and oxygen atoms in total. The molecule has 1 aromatic heterocycles. The molecule has 2 rings (SSSR count). The van der Waals surface area contributed by atoms with Gasteiger partial charge in [-0.15, -0.1) is 0 Å². The van der Waals surface area contributed by atoms with E-state index in [4.69, 9.17) is 5.73 Å². The summed E-state index contributed by atoms with van der Waals surface area (Å²) in [5.74, 6) is 0. The zero-order valence-corrected chi connectivity index (χ0v) is 9.95. The maximum Gasteiger partial charge on any atom is 0.278 e. The Morgan fingerprint density at radius 2 is 2.12 bits per heavy atom. The summed E-state index contributed by atoms with van der Waals surface area (Å²) in [6.07, 6.45) is 1.38. The molecule has 0 amide bonds. The van der Waals surface area contributed by atoms with E-state index in [1.54, 1.807) is 18.2 Å². The minimum atomic E-state index is -3.61. The van der Waals surface area contributed by atoms with Crippen LogP contribution >= 0.6 is 0 Å². The second-order valence-electron chi connectivity index (χ2n) is 3.60. The molecule has 0 saturated heterocycles. The first-order chi connectivity index (χ1) is 7.99. The van der Waals surface area contributed by atoms with Crippen molar-refractivity contribution in [1.82, 2.24) is 10.2 Å². The molecule has 7 heteroatoms. The number of sulfonamides is 1. The van der Waals surface area contributed by atoms with E-state index < -0.39 is 10.0 Å². The Bertz CT molecular complexity index is 620. The fourth-order valence-electron chi connectivity index (χ4n) is 1.34. The van der Waals surface area contributed by atoms with Crippen LogP contribution in [0.3, 0.4) is 0 Å². The summed E-state index contributed by atoms with van der Waals surface area (Å²) < 4.78 is 26.1. The molecule has 0 spiro atoms. The molecule has 0 aliphatic carbocycles. The van der Waals surface area contributed by atoms with Gasteiger partial charge in [-0.2, -0.15) is 13.5 Å². The molecular weight excluding hydrogens is 240 g/mol. The number of aryl methyl sites for hydroxylation is 1. The molecule has 1 heterocycles. The summed E-state index contributed by atoms with van der Waals surface area (Å²) in [5.41, 5.74) is 7.55. The predicted octanol–water partition coefficient (Wildman–Crippen LogP) is 1.10. The molecule has 4 N–H and O–H groups in total. The number of rotatable bonds is 3. The highest BCUT2D eigenvalue weighted by Gasteiger charge is 2.15. The van der Waals surface area contributed by atoms with Gasteiger partial charge in [-0.05, 0) is 36.8 Å². The van der Waals surface area contributed by atoms with E-state index in [0.717, 1.165) is 5.56 Å². The molecule has 90 valence electrons. The van der Waals surface area contributed by atoms with Gasteiger partial charge in [0.05, 0.1) is 6.20 Å². The van der Waals surface area contributed by atoms with E-state index in [2.05, 4.69) is 14.9 Å². The predicted molar refractivity (Wildman–Crippen MR) is 65.0 cm³/mol. The Hall–Kier alpha value is -2.02. The van der Waals surface area contributed by atoms with E-state index in [1.807, 2.05) is 6.92 Å². The number of nitrogens with zero attached hydrogens (tertiary/aromatic N) is 1. The minimum Gasteiger partial charge on any atom is -0.399 e. The Labute approximate surface area is 98.9 Å². The Morgan fingerprint density at radius 1 is 1.35 bits per heavy atom. The number of nitrogens with two attached hydrogens (primary N) is 1. The highest BCUT2D eigenvalue weighted by Crippen LogP contribution is 2.19. The average molecular weight is 252 g/mol. The lowest BCUT2D eigenvalue weighted by Crippen LogP contribution is -2.13. The van der Waals surface area contributed by atoms with Crippen molar-refractivity contribution < 1.29 is 8.42 Å². The first-order valence-corrected chi connectivity index (χ1v) is 6.36. The normalized spacial score (nSPS) is 11.4. The summed E-state index contributed by atoms with van der Waals surface area (Å²) in [4.78, 5) is 0. The number of hydrogen-bond donors (Lipinski definition) is 3. The summed E-state index contributed by atoms with van der Waals surface area (Å²) in [6, 6.07) is 6.31. The fourth-order valence-corrected chi connectivity index (χ4v) is 2.30. The third-order valence-electron chi connectivity index (χ3n) is 2.29. The zero-order chi connectivity index (χ0) is 12.5. The van der Waals surface area contributed by atoms with Crippen LogP contribution in [-0.2, 0) is 10.0 Å². The van der Waals surface area contributed by atoms with Crippen molar-refractivity contribution in [1.29, 1.82) is 0 Å². The lowest BCUT2D eigenvalue weighted by Gasteiger charge is -2.08. The van der Waals surface area contributed by atoms with Crippen LogP contribution in [0.15, 0.2) is 35.5 Å². The summed E-state index contributed by atoms with van der Waals surface area (Å²) in [6.45, 7) is 1.81. The minimum absolute atomic E-state index is 0.0204. The van der Waals surface area contributed by atoms with E-state index in [-0.39, 0.29) is 5.03 Å². The monoisotopic (exact) mass is 252 g/mol. The van der Waals surface area contributed by atoms with E-state index in [9.17, 15) is 8.42 Å². The molecule has 0 radical (unpaired) electrons. The van der Waals surface area contributed by atoms with Crippen LogP contribution in [0.5, 0.6) is 0 Å². The molecule has 0 saturated carbocycles. The summed E-state index contributed by atoms with van der Waals surface area (Å²) in [7, 11) is -3.61. The smallest absolute Gasteiger partial charge is 0.278 e. The van der Waals surface area contributed by atoms with Crippen molar-refractivity contribution in [2.45, 2.75) is 11.9 Å². The molecule has 17 heavy (non-hydrogen) atoms. The van der Waals surface area contributed by atoms with Crippen LogP contribution in [0.2, 0.25) is 0 Å². The molecule has 2 aromatic rings. The summed E-state index contributed by atoms with van der Waals surface area (Å²) in [5, 5.41) is 6.02. The van der Waals surface area contributed by atoms with Gasteiger partial charge in [-0.3, -0.25) is 9.82 Å². The average Bonchev–Trinajstić information content (AvgIpc) is 2.77. The second-order valence-corrected chi connectivity index (χ2v) is 5.25. The lowest BCUT2D eigenvalue weighted by atomic mass is 10.2. The first kappa shape index (κ1) is 11.5. The third-order valence-corrected chi connectivity index (χ3v) is 3.60. The van der Waals surface area contributed by atoms with Gasteiger partial charge >= 0.3 is 0 Å². The fraction of sp³-hybridized carbons (Fsp3) is 0.100. The number of aromatic amines is 1. The topological polar surface area (TPSA) is 101 Å². The molecule has 0 aliphatic rings. The van der Waals surface area contributed by atoms with Crippen molar-refractivity contribution in [3.05, 3.63) is 36.0 Å². The van der Waals surface area contributed by atoms with Gasteiger partial charge in [0, 0.05) is 11.4 Å². The summed E-state index contributed by atoms with van der Waals surface area (Å²) >= 11 is 0. The zero-order valence-electron chi connectivity index (χ0n) is 9.14. The maximum absolute atomic E-state index is 11.8. The van der Waals surface area contributed by atoms with Gasteiger partial charge in [0.1, 0.15) is 0 Å². The largest absolute Gasteiger partial charge is 0.399 e. The van der Waals surface area contributed by atoms with Crippen molar-refractivity contribution in [2.24, 2.45) is 0 Å². The van der Waals surface area contributed by atoms with Gasteiger partial charge in [-0.25, -0.2) is 0 Å². The van der Waals surface area contributed by atoms with Gasteiger partial charge < -0.3 is 5.73 Å². The van der Waals surface area contributed by atoms with Gasteiger partial charge in [0.2, 0.25) is 0 Å².